The van der Waals surface area contributed by atoms with Gasteiger partial charge in [0.2, 0.25) is 0 Å². The van der Waals surface area contributed by atoms with Gasteiger partial charge < -0.3 is 10.2 Å². The summed E-state index contributed by atoms with van der Waals surface area (Å²) in [7, 11) is 0. The lowest BCUT2D eigenvalue weighted by atomic mass is 9.80. The number of aliphatic hydroxyl groups is 1. The molecule has 2 N–H and O–H groups in total. The van der Waals surface area contributed by atoms with Crippen molar-refractivity contribution in [1.29, 1.82) is 0 Å². The van der Waals surface area contributed by atoms with E-state index in [1.165, 1.54) is 0 Å². The number of rotatable bonds is 4. The van der Waals surface area contributed by atoms with Crippen LogP contribution in [0.25, 0.3) is 0 Å². The summed E-state index contributed by atoms with van der Waals surface area (Å²) in [5.74, 6) is -0.820. The first kappa shape index (κ1) is 12.7. The average Bonchev–Trinajstić information content (AvgIpc) is 2.27. The minimum Gasteiger partial charge on any atom is -0.481 e. The summed E-state index contributed by atoms with van der Waals surface area (Å²) < 4.78 is 0. The molecule has 2 atom stereocenters. The Kier molecular flexibility index (Phi) is 3.70. The maximum absolute atomic E-state index is 11.2. The SMILES string of the molecule is CCC(C)(C(=O)O)c1ccc(C(C)O)cc1. The zero-order valence-electron chi connectivity index (χ0n) is 9.90. The van der Waals surface area contributed by atoms with Gasteiger partial charge in [-0.1, -0.05) is 31.2 Å². The smallest absolute Gasteiger partial charge is 0.313 e. The highest BCUT2D eigenvalue weighted by molar-refractivity contribution is 5.80. The summed E-state index contributed by atoms with van der Waals surface area (Å²) in [4.78, 5) is 11.2. The second-order valence-electron chi connectivity index (χ2n) is 4.29. The van der Waals surface area contributed by atoms with Crippen molar-refractivity contribution in [2.75, 3.05) is 0 Å². The van der Waals surface area contributed by atoms with Crippen molar-refractivity contribution in [1.82, 2.24) is 0 Å². The predicted molar refractivity (Wildman–Crippen MR) is 62.4 cm³/mol. The minimum atomic E-state index is -0.850. The van der Waals surface area contributed by atoms with E-state index in [2.05, 4.69) is 0 Å². The normalized spacial score (nSPS) is 16.5. The number of benzene rings is 1. The summed E-state index contributed by atoms with van der Waals surface area (Å²) in [6, 6.07) is 7.10. The molecule has 16 heavy (non-hydrogen) atoms. The molecule has 0 fully saturated rings. The van der Waals surface area contributed by atoms with E-state index in [1.807, 2.05) is 6.92 Å². The molecule has 0 spiro atoms. The Labute approximate surface area is 95.7 Å². The van der Waals surface area contributed by atoms with Crippen LogP contribution in [0.4, 0.5) is 0 Å². The number of hydrogen-bond acceptors (Lipinski definition) is 2. The first-order chi connectivity index (χ1) is 7.41. The Balaban J connectivity index is 3.09. The lowest BCUT2D eigenvalue weighted by molar-refractivity contribution is -0.143. The van der Waals surface area contributed by atoms with Crippen LogP contribution in [0, 0.1) is 0 Å². The van der Waals surface area contributed by atoms with Crippen LogP contribution < -0.4 is 0 Å². The van der Waals surface area contributed by atoms with Crippen LogP contribution >= 0.6 is 0 Å². The lowest BCUT2D eigenvalue weighted by Gasteiger charge is -2.23. The summed E-state index contributed by atoms with van der Waals surface area (Å²) >= 11 is 0. The Morgan fingerprint density at radius 1 is 1.38 bits per heavy atom. The summed E-state index contributed by atoms with van der Waals surface area (Å²) in [6.45, 7) is 5.26. The third-order valence-electron chi connectivity index (χ3n) is 3.21. The van der Waals surface area contributed by atoms with Crippen LogP contribution in [0.3, 0.4) is 0 Å². The van der Waals surface area contributed by atoms with Crippen molar-refractivity contribution >= 4 is 5.97 Å². The van der Waals surface area contributed by atoms with Crippen molar-refractivity contribution in [3.63, 3.8) is 0 Å². The first-order valence-corrected chi connectivity index (χ1v) is 5.43. The molecule has 0 aliphatic carbocycles. The molecular formula is C13H18O3. The molecule has 0 aliphatic heterocycles. The first-order valence-electron chi connectivity index (χ1n) is 5.43. The fourth-order valence-corrected chi connectivity index (χ4v) is 1.61. The zero-order chi connectivity index (χ0) is 12.3. The summed E-state index contributed by atoms with van der Waals surface area (Å²) in [5.41, 5.74) is 0.719. The topological polar surface area (TPSA) is 57.5 Å². The minimum absolute atomic E-state index is 0.522. The zero-order valence-corrected chi connectivity index (χ0v) is 9.90. The highest BCUT2D eigenvalue weighted by Gasteiger charge is 2.32. The molecule has 2 unspecified atom stereocenters. The predicted octanol–water partition coefficient (Wildman–Crippen LogP) is 2.49. The molecule has 0 heterocycles. The second kappa shape index (κ2) is 4.66. The number of aliphatic carboxylic acids is 1. The molecular weight excluding hydrogens is 204 g/mol. The van der Waals surface area contributed by atoms with Crippen LogP contribution in [0.1, 0.15) is 44.4 Å². The fourth-order valence-electron chi connectivity index (χ4n) is 1.61. The maximum Gasteiger partial charge on any atom is 0.313 e. The van der Waals surface area contributed by atoms with E-state index in [-0.39, 0.29) is 0 Å². The molecule has 0 radical (unpaired) electrons. The Bertz CT molecular complexity index is 367. The monoisotopic (exact) mass is 222 g/mol. The number of carbonyl (C=O) groups is 1. The second-order valence-corrected chi connectivity index (χ2v) is 4.29. The summed E-state index contributed by atoms with van der Waals surface area (Å²) in [6.07, 6.45) is 0.0165. The molecule has 0 aliphatic rings. The van der Waals surface area contributed by atoms with Crippen molar-refractivity contribution in [2.24, 2.45) is 0 Å². The number of aliphatic hydroxyl groups excluding tert-OH is 1. The van der Waals surface area contributed by atoms with Crippen LogP contribution in [0.15, 0.2) is 24.3 Å². The highest BCUT2D eigenvalue weighted by atomic mass is 16.4. The van der Waals surface area contributed by atoms with Crippen molar-refractivity contribution in [2.45, 2.75) is 38.7 Å². The quantitative estimate of drug-likeness (QED) is 0.822. The van der Waals surface area contributed by atoms with Gasteiger partial charge in [0.05, 0.1) is 11.5 Å². The van der Waals surface area contributed by atoms with Gasteiger partial charge in [0.15, 0.2) is 0 Å². The van der Waals surface area contributed by atoms with E-state index in [1.54, 1.807) is 38.1 Å². The standard InChI is InChI=1S/C13H18O3/c1-4-13(3,12(15)16)11-7-5-10(6-8-11)9(2)14/h5-9,14H,4H2,1-3H3,(H,15,16). The van der Waals surface area contributed by atoms with Gasteiger partial charge in [0.1, 0.15) is 0 Å². The molecule has 0 aromatic heterocycles. The van der Waals surface area contributed by atoms with Gasteiger partial charge in [-0.15, -0.1) is 0 Å². The molecule has 88 valence electrons. The molecule has 0 saturated heterocycles. The molecule has 3 nitrogen and oxygen atoms in total. The molecule has 1 aromatic carbocycles. The average molecular weight is 222 g/mol. The Morgan fingerprint density at radius 3 is 2.19 bits per heavy atom. The fraction of sp³-hybridized carbons (Fsp3) is 0.462. The van der Waals surface area contributed by atoms with Crippen LogP contribution in [0.2, 0.25) is 0 Å². The number of carboxylic acids is 1. The van der Waals surface area contributed by atoms with Gasteiger partial charge in [-0.3, -0.25) is 4.79 Å². The van der Waals surface area contributed by atoms with Gasteiger partial charge in [-0.25, -0.2) is 0 Å². The molecule has 0 bridgehead atoms. The molecule has 3 heteroatoms. The van der Waals surface area contributed by atoms with E-state index >= 15 is 0 Å². The number of carboxylic acid groups (broad SMARTS) is 1. The third kappa shape index (κ3) is 2.25. The van der Waals surface area contributed by atoms with Crippen molar-refractivity contribution in [3.8, 4) is 0 Å². The van der Waals surface area contributed by atoms with Crippen molar-refractivity contribution in [3.05, 3.63) is 35.4 Å². The molecule has 0 amide bonds. The van der Waals surface area contributed by atoms with Crippen molar-refractivity contribution < 1.29 is 15.0 Å². The van der Waals surface area contributed by atoms with E-state index in [0.29, 0.717) is 6.42 Å². The molecule has 1 aromatic rings. The lowest BCUT2D eigenvalue weighted by Crippen LogP contribution is -2.31. The largest absolute Gasteiger partial charge is 0.481 e. The van der Waals surface area contributed by atoms with Gasteiger partial charge >= 0.3 is 5.97 Å². The molecule has 1 rings (SSSR count). The highest BCUT2D eigenvalue weighted by Crippen LogP contribution is 2.28. The van der Waals surface area contributed by atoms with Crippen LogP contribution in [-0.4, -0.2) is 16.2 Å². The number of hydrogen-bond donors (Lipinski definition) is 2. The van der Waals surface area contributed by atoms with E-state index in [0.717, 1.165) is 11.1 Å². The van der Waals surface area contributed by atoms with Crippen LogP contribution in [-0.2, 0) is 10.2 Å². The Hall–Kier alpha value is -1.35. The van der Waals surface area contributed by atoms with Gasteiger partial charge in [0, 0.05) is 0 Å². The van der Waals surface area contributed by atoms with Crippen LogP contribution in [0.5, 0.6) is 0 Å². The van der Waals surface area contributed by atoms with Gasteiger partial charge in [0.25, 0.3) is 0 Å². The third-order valence-corrected chi connectivity index (χ3v) is 3.21. The molecule has 0 saturated carbocycles. The maximum atomic E-state index is 11.2. The van der Waals surface area contributed by atoms with E-state index in [4.69, 9.17) is 0 Å². The van der Waals surface area contributed by atoms with E-state index < -0.39 is 17.5 Å². The van der Waals surface area contributed by atoms with Gasteiger partial charge in [-0.2, -0.15) is 0 Å². The summed E-state index contributed by atoms with van der Waals surface area (Å²) in [5, 5.41) is 18.6. The van der Waals surface area contributed by atoms with Gasteiger partial charge in [-0.05, 0) is 31.4 Å². The van der Waals surface area contributed by atoms with E-state index in [9.17, 15) is 15.0 Å². The Morgan fingerprint density at radius 2 is 1.88 bits per heavy atom.